The number of hydrogen-bond donors (Lipinski definition) is 1. The second-order valence-corrected chi connectivity index (χ2v) is 9.97. The van der Waals surface area contributed by atoms with Gasteiger partial charge in [0.1, 0.15) is 11.9 Å². The standard InChI is InChI=1S/C19H22FN3O4S2/c1-12(24)21-17(13-6-8-14(20)9-7-13)10-23(2)29(26,27)18-11-28-19-15(18)4-3-5-16(19)22-25/h6-9,11,16-17H,3-5,10H2,1-2H3,(H,21,24). The number of likely N-dealkylation sites (N-methyl/N-ethyl adjacent to an activating group) is 1. The Kier molecular flexibility index (Phi) is 6.45. The zero-order valence-corrected chi connectivity index (χ0v) is 17.7. The summed E-state index contributed by atoms with van der Waals surface area (Å²) >= 11 is 1.25. The van der Waals surface area contributed by atoms with Gasteiger partial charge in [0.15, 0.2) is 0 Å². The summed E-state index contributed by atoms with van der Waals surface area (Å²) in [6, 6.07) is 4.43. The summed E-state index contributed by atoms with van der Waals surface area (Å²) in [4.78, 5) is 23.6. The third-order valence-electron chi connectivity index (χ3n) is 5.00. The minimum absolute atomic E-state index is 0.0203. The third-order valence-corrected chi connectivity index (χ3v) is 8.16. The Morgan fingerprint density at radius 3 is 2.69 bits per heavy atom. The Hall–Kier alpha value is -2.17. The topological polar surface area (TPSA) is 95.9 Å². The molecule has 1 amide bonds. The Morgan fingerprint density at radius 1 is 1.38 bits per heavy atom. The van der Waals surface area contributed by atoms with Crippen molar-refractivity contribution in [2.24, 2.45) is 5.18 Å². The molecule has 1 aromatic heterocycles. The average Bonchev–Trinajstić information content (AvgIpc) is 3.12. The van der Waals surface area contributed by atoms with Crippen LogP contribution in [0.15, 0.2) is 39.7 Å². The van der Waals surface area contributed by atoms with Gasteiger partial charge in [-0.1, -0.05) is 17.3 Å². The number of thiophene rings is 1. The van der Waals surface area contributed by atoms with Crippen molar-refractivity contribution in [1.29, 1.82) is 0 Å². The smallest absolute Gasteiger partial charge is 0.244 e. The fraction of sp³-hybridized carbons (Fsp3) is 0.421. The van der Waals surface area contributed by atoms with Gasteiger partial charge >= 0.3 is 0 Å². The van der Waals surface area contributed by atoms with Gasteiger partial charge in [0.2, 0.25) is 15.9 Å². The van der Waals surface area contributed by atoms with Crippen molar-refractivity contribution in [2.75, 3.05) is 13.6 Å². The molecule has 2 atom stereocenters. The number of rotatable bonds is 7. The molecule has 0 spiro atoms. The molecule has 7 nitrogen and oxygen atoms in total. The fourth-order valence-electron chi connectivity index (χ4n) is 3.53. The molecule has 0 bridgehead atoms. The van der Waals surface area contributed by atoms with E-state index in [1.807, 2.05) is 0 Å². The van der Waals surface area contributed by atoms with Crippen LogP contribution in [0.3, 0.4) is 0 Å². The number of nitrogens with zero attached hydrogens (tertiary/aromatic N) is 2. The van der Waals surface area contributed by atoms with Gasteiger partial charge in [0.25, 0.3) is 0 Å². The molecule has 0 radical (unpaired) electrons. The van der Waals surface area contributed by atoms with Crippen LogP contribution in [0, 0.1) is 10.7 Å². The van der Waals surface area contributed by atoms with E-state index in [-0.39, 0.29) is 17.3 Å². The van der Waals surface area contributed by atoms with Crippen molar-refractivity contribution in [3.63, 3.8) is 0 Å². The van der Waals surface area contributed by atoms with Gasteiger partial charge < -0.3 is 5.32 Å². The first kappa shape index (κ1) is 21.5. The van der Waals surface area contributed by atoms with Crippen molar-refractivity contribution in [1.82, 2.24) is 9.62 Å². The maximum atomic E-state index is 13.2. The molecular weight excluding hydrogens is 417 g/mol. The first-order valence-electron chi connectivity index (χ1n) is 9.15. The lowest BCUT2D eigenvalue weighted by atomic mass is 9.96. The predicted molar refractivity (Wildman–Crippen MR) is 109 cm³/mol. The van der Waals surface area contributed by atoms with E-state index in [4.69, 9.17) is 0 Å². The third kappa shape index (κ3) is 4.54. The van der Waals surface area contributed by atoms with Crippen LogP contribution in [0.1, 0.15) is 47.9 Å². The van der Waals surface area contributed by atoms with Crippen molar-refractivity contribution >= 4 is 27.3 Å². The van der Waals surface area contributed by atoms with Gasteiger partial charge in [-0.15, -0.1) is 11.3 Å². The molecule has 2 unspecified atom stereocenters. The minimum atomic E-state index is -3.84. The highest BCUT2D eigenvalue weighted by Gasteiger charge is 2.33. The molecule has 1 N–H and O–H groups in total. The zero-order chi connectivity index (χ0) is 21.2. The SMILES string of the molecule is CC(=O)NC(CN(C)S(=O)(=O)c1csc2c1CCCC2N=O)c1ccc(F)cc1. The van der Waals surface area contributed by atoms with Crippen molar-refractivity contribution in [2.45, 2.75) is 43.2 Å². The number of amides is 1. The van der Waals surface area contributed by atoms with Crippen LogP contribution in [0.5, 0.6) is 0 Å². The van der Waals surface area contributed by atoms with Crippen molar-refractivity contribution in [3.8, 4) is 0 Å². The number of carbonyl (C=O) groups excluding carboxylic acids is 1. The fourth-order valence-corrected chi connectivity index (χ4v) is 6.47. The van der Waals surface area contributed by atoms with Gasteiger partial charge in [0.05, 0.1) is 10.9 Å². The summed E-state index contributed by atoms with van der Waals surface area (Å²) in [5.74, 6) is -0.738. The maximum absolute atomic E-state index is 13.2. The highest BCUT2D eigenvalue weighted by atomic mass is 32.2. The monoisotopic (exact) mass is 439 g/mol. The van der Waals surface area contributed by atoms with Gasteiger partial charge in [-0.25, -0.2) is 12.8 Å². The molecule has 1 heterocycles. The second-order valence-electron chi connectivity index (χ2n) is 7.05. The Balaban J connectivity index is 1.88. The normalized spacial score (nSPS) is 17.6. The Morgan fingerprint density at radius 2 is 2.07 bits per heavy atom. The van der Waals surface area contributed by atoms with Crippen LogP contribution in [0.4, 0.5) is 4.39 Å². The maximum Gasteiger partial charge on any atom is 0.244 e. The van der Waals surface area contributed by atoms with Gasteiger partial charge in [-0.2, -0.15) is 9.21 Å². The van der Waals surface area contributed by atoms with Crippen molar-refractivity contribution in [3.05, 3.63) is 56.4 Å². The molecule has 0 fully saturated rings. The van der Waals surface area contributed by atoms with E-state index in [9.17, 15) is 22.5 Å². The number of halogens is 1. The summed E-state index contributed by atoms with van der Waals surface area (Å²) in [5.41, 5.74) is 1.26. The number of benzene rings is 1. The molecule has 3 rings (SSSR count). The van der Waals surface area contributed by atoms with Crippen molar-refractivity contribution < 1.29 is 17.6 Å². The number of carbonyl (C=O) groups is 1. The molecule has 0 aliphatic heterocycles. The molecule has 29 heavy (non-hydrogen) atoms. The zero-order valence-electron chi connectivity index (χ0n) is 16.1. The van der Waals surface area contributed by atoms with Crippen LogP contribution < -0.4 is 5.32 Å². The highest BCUT2D eigenvalue weighted by molar-refractivity contribution is 7.89. The van der Waals surface area contributed by atoms with E-state index >= 15 is 0 Å². The van der Waals surface area contributed by atoms with E-state index in [0.717, 1.165) is 4.88 Å². The van der Waals surface area contributed by atoms with Crippen LogP contribution in [0.2, 0.25) is 0 Å². The van der Waals surface area contributed by atoms with Gasteiger partial charge in [0, 0.05) is 30.8 Å². The van der Waals surface area contributed by atoms with E-state index < -0.39 is 27.9 Å². The van der Waals surface area contributed by atoms with E-state index in [1.54, 1.807) is 5.38 Å². The molecule has 10 heteroatoms. The van der Waals surface area contributed by atoms with Crippen LogP contribution in [-0.4, -0.2) is 32.2 Å². The Labute approximate surface area is 172 Å². The van der Waals surface area contributed by atoms with Crippen LogP contribution in [0.25, 0.3) is 0 Å². The van der Waals surface area contributed by atoms with Crippen LogP contribution >= 0.6 is 11.3 Å². The average molecular weight is 440 g/mol. The van der Waals surface area contributed by atoms with Crippen LogP contribution in [-0.2, 0) is 21.2 Å². The lowest BCUT2D eigenvalue weighted by Gasteiger charge is -2.25. The summed E-state index contributed by atoms with van der Waals surface area (Å²) in [5, 5.41) is 7.41. The van der Waals surface area contributed by atoms with Gasteiger partial charge in [-0.3, -0.25) is 4.79 Å². The van der Waals surface area contributed by atoms with E-state index in [1.165, 1.54) is 53.9 Å². The summed E-state index contributed by atoms with van der Waals surface area (Å²) < 4.78 is 40.9. The highest BCUT2D eigenvalue weighted by Crippen LogP contribution is 2.41. The number of nitroso groups, excluding NO2 is 1. The number of fused-ring (bicyclic) bond motifs is 1. The summed E-state index contributed by atoms with van der Waals surface area (Å²) in [6.45, 7) is 1.32. The number of nitrogens with one attached hydrogen (secondary N) is 1. The molecule has 1 aliphatic carbocycles. The number of sulfonamides is 1. The molecule has 156 valence electrons. The molecule has 2 aromatic rings. The lowest BCUT2D eigenvalue weighted by molar-refractivity contribution is -0.119. The van der Waals surface area contributed by atoms with E-state index in [2.05, 4.69) is 10.5 Å². The first-order valence-corrected chi connectivity index (χ1v) is 11.5. The minimum Gasteiger partial charge on any atom is -0.348 e. The largest absolute Gasteiger partial charge is 0.348 e. The lowest BCUT2D eigenvalue weighted by Crippen LogP contribution is -2.38. The second kappa shape index (κ2) is 8.68. The summed E-state index contributed by atoms with van der Waals surface area (Å²) in [6.07, 6.45) is 1.92. The molecule has 0 saturated heterocycles. The molecule has 1 aliphatic rings. The molecule has 0 saturated carbocycles. The number of hydrogen-bond acceptors (Lipinski definition) is 6. The molecular formula is C19H22FN3O4S2. The predicted octanol–water partition coefficient (Wildman–Crippen LogP) is 3.53. The molecule has 1 aromatic carbocycles. The van der Waals surface area contributed by atoms with Gasteiger partial charge in [-0.05, 0) is 42.5 Å². The first-order chi connectivity index (χ1) is 13.7. The quantitative estimate of drug-likeness (QED) is 0.668. The van der Waals surface area contributed by atoms with E-state index in [0.29, 0.717) is 30.4 Å². The summed E-state index contributed by atoms with van der Waals surface area (Å²) in [7, 11) is -2.40. The Bertz CT molecular complexity index is 1000.